The number of alkyl halides is 1. The molecule has 7 heteroatoms. The normalized spacial score (nSPS) is 45.4. The predicted octanol–water partition coefficient (Wildman–Crippen LogP) is 2.22. The van der Waals surface area contributed by atoms with E-state index in [1.807, 2.05) is 4.90 Å². The summed E-state index contributed by atoms with van der Waals surface area (Å²) in [6.07, 6.45) is 8.13. The fraction of sp³-hybridized carbons (Fsp3) is 0.917. The summed E-state index contributed by atoms with van der Waals surface area (Å²) < 4.78 is 14.4. The molecule has 2 bridgehead atoms. The fourth-order valence-corrected chi connectivity index (χ4v) is 7.46. The highest BCUT2D eigenvalue weighted by Gasteiger charge is 2.47. The van der Waals surface area contributed by atoms with E-state index in [0.717, 1.165) is 38.8 Å². The van der Waals surface area contributed by atoms with Gasteiger partial charge in [0.05, 0.1) is 6.04 Å². The Morgan fingerprint density at radius 1 is 0.968 bits per heavy atom. The SMILES string of the molecule is CC(=O)N1CC2CCC(C1)N2[C@H]1CCC[C@@H](NC(=O)C2CC3C(F)CCC(C)C3N2)C1. The number of carbonyl (C=O) groups excluding carboxylic acids is 2. The van der Waals surface area contributed by atoms with Crippen molar-refractivity contribution in [3.63, 3.8) is 0 Å². The predicted molar refractivity (Wildman–Crippen MR) is 117 cm³/mol. The van der Waals surface area contributed by atoms with Gasteiger partial charge in [0.25, 0.3) is 0 Å². The highest BCUT2D eigenvalue weighted by atomic mass is 19.1. The molecular formula is C24H39FN4O2. The van der Waals surface area contributed by atoms with Gasteiger partial charge >= 0.3 is 0 Å². The van der Waals surface area contributed by atoms with Gasteiger partial charge in [-0.3, -0.25) is 14.5 Å². The van der Waals surface area contributed by atoms with Gasteiger partial charge in [-0.25, -0.2) is 4.39 Å². The lowest BCUT2D eigenvalue weighted by atomic mass is 9.77. The van der Waals surface area contributed by atoms with Gasteiger partial charge in [-0.15, -0.1) is 0 Å². The van der Waals surface area contributed by atoms with E-state index in [1.54, 1.807) is 6.92 Å². The molecule has 5 rings (SSSR count). The molecule has 3 saturated heterocycles. The third-order valence-corrected chi connectivity index (χ3v) is 9.05. The summed E-state index contributed by atoms with van der Waals surface area (Å²) in [4.78, 5) is 29.6. The van der Waals surface area contributed by atoms with Crippen molar-refractivity contribution < 1.29 is 14.0 Å². The molecule has 174 valence electrons. The molecule has 3 aliphatic heterocycles. The topological polar surface area (TPSA) is 64.7 Å². The van der Waals surface area contributed by atoms with E-state index in [2.05, 4.69) is 22.5 Å². The van der Waals surface area contributed by atoms with E-state index < -0.39 is 6.17 Å². The van der Waals surface area contributed by atoms with Gasteiger partial charge in [0.1, 0.15) is 6.17 Å². The zero-order valence-electron chi connectivity index (χ0n) is 19.1. The average molecular weight is 435 g/mol. The number of fused-ring (bicyclic) bond motifs is 3. The summed E-state index contributed by atoms with van der Waals surface area (Å²) in [6.45, 7) is 5.58. The summed E-state index contributed by atoms with van der Waals surface area (Å²) in [7, 11) is 0. The van der Waals surface area contributed by atoms with Crippen LogP contribution >= 0.6 is 0 Å². The third kappa shape index (κ3) is 4.12. The molecule has 0 spiro atoms. The number of nitrogens with one attached hydrogen (secondary N) is 2. The molecule has 0 radical (unpaired) electrons. The Labute approximate surface area is 185 Å². The number of piperazine rings is 1. The summed E-state index contributed by atoms with van der Waals surface area (Å²) in [5.41, 5.74) is 0. The van der Waals surface area contributed by atoms with Gasteiger partial charge < -0.3 is 15.5 Å². The van der Waals surface area contributed by atoms with Gasteiger partial charge in [0.2, 0.25) is 11.8 Å². The van der Waals surface area contributed by atoms with Gasteiger partial charge in [0, 0.05) is 56.1 Å². The molecule has 0 aromatic heterocycles. The first-order chi connectivity index (χ1) is 14.9. The minimum atomic E-state index is -0.769. The van der Waals surface area contributed by atoms with Crippen molar-refractivity contribution in [2.45, 2.75) is 114 Å². The maximum absolute atomic E-state index is 14.4. The second-order valence-corrected chi connectivity index (χ2v) is 11.0. The summed E-state index contributed by atoms with van der Waals surface area (Å²) >= 11 is 0. The van der Waals surface area contributed by atoms with Crippen molar-refractivity contribution in [1.82, 2.24) is 20.4 Å². The van der Waals surface area contributed by atoms with Crippen LogP contribution in [0.3, 0.4) is 0 Å². The minimum absolute atomic E-state index is 0.00759. The number of hydrogen-bond donors (Lipinski definition) is 2. The van der Waals surface area contributed by atoms with Gasteiger partial charge in [-0.1, -0.05) is 6.92 Å². The Bertz CT molecular complexity index is 673. The van der Waals surface area contributed by atoms with Gasteiger partial charge in [-0.2, -0.15) is 0 Å². The molecule has 3 heterocycles. The van der Waals surface area contributed by atoms with Crippen molar-refractivity contribution in [3.05, 3.63) is 0 Å². The van der Waals surface area contributed by atoms with Gasteiger partial charge in [0.15, 0.2) is 0 Å². The summed E-state index contributed by atoms with van der Waals surface area (Å²) in [5.74, 6) is 0.702. The smallest absolute Gasteiger partial charge is 0.237 e. The van der Waals surface area contributed by atoms with Crippen LogP contribution in [-0.4, -0.2) is 77.1 Å². The van der Waals surface area contributed by atoms with Crippen LogP contribution in [0.5, 0.6) is 0 Å². The van der Waals surface area contributed by atoms with Crippen LogP contribution in [0.2, 0.25) is 0 Å². The van der Waals surface area contributed by atoms with Crippen LogP contribution in [0.15, 0.2) is 0 Å². The molecule has 0 aromatic carbocycles. The largest absolute Gasteiger partial charge is 0.352 e. The van der Waals surface area contributed by atoms with E-state index in [0.29, 0.717) is 36.9 Å². The number of nitrogens with zero attached hydrogens (tertiary/aromatic N) is 2. The molecule has 31 heavy (non-hydrogen) atoms. The number of rotatable bonds is 3. The molecule has 9 atom stereocenters. The Kier molecular flexibility index (Phi) is 6.01. The van der Waals surface area contributed by atoms with Crippen LogP contribution in [0.25, 0.3) is 0 Å². The van der Waals surface area contributed by atoms with Crippen LogP contribution in [0, 0.1) is 11.8 Å². The molecule has 2 aliphatic carbocycles. The molecular weight excluding hydrogens is 395 g/mol. The quantitative estimate of drug-likeness (QED) is 0.715. The van der Waals surface area contributed by atoms with E-state index in [9.17, 15) is 14.0 Å². The number of amides is 2. The van der Waals surface area contributed by atoms with E-state index in [-0.39, 0.29) is 35.9 Å². The molecule has 2 amide bonds. The lowest BCUT2D eigenvalue weighted by molar-refractivity contribution is -0.133. The fourth-order valence-electron chi connectivity index (χ4n) is 7.46. The molecule has 0 aromatic rings. The zero-order valence-corrected chi connectivity index (χ0v) is 19.1. The lowest BCUT2D eigenvalue weighted by Crippen LogP contribution is -2.60. The number of likely N-dealkylation sites (tertiary alicyclic amines) is 1. The van der Waals surface area contributed by atoms with E-state index >= 15 is 0 Å². The highest BCUT2D eigenvalue weighted by molar-refractivity contribution is 5.82. The number of halogens is 1. The summed E-state index contributed by atoms with van der Waals surface area (Å²) in [6, 6.07) is 1.56. The van der Waals surface area contributed by atoms with Crippen LogP contribution in [-0.2, 0) is 9.59 Å². The Hall–Kier alpha value is -1.21. The van der Waals surface area contributed by atoms with Crippen molar-refractivity contribution in [3.8, 4) is 0 Å². The average Bonchev–Trinajstić information content (AvgIpc) is 3.31. The van der Waals surface area contributed by atoms with Gasteiger partial charge in [-0.05, 0) is 63.7 Å². The monoisotopic (exact) mass is 434 g/mol. The number of carbonyl (C=O) groups is 2. The molecule has 2 saturated carbocycles. The Balaban J connectivity index is 1.17. The highest BCUT2D eigenvalue weighted by Crippen LogP contribution is 2.39. The molecule has 2 N–H and O–H groups in total. The second kappa shape index (κ2) is 8.62. The summed E-state index contributed by atoms with van der Waals surface area (Å²) in [5, 5.41) is 6.81. The maximum atomic E-state index is 14.4. The van der Waals surface area contributed by atoms with E-state index in [1.165, 1.54) is 19.3 Å². The van der Waals surface area contributed by atoms with Crippen molar-refractivity contribution in [2.75, 3.05) is 13.1 Å². The second-order valence-electron chi connectivity index (χ2n) is 11.0. The van der Waals surface area contributed by atoms with Crippen LogP contribution < -0.4 is 10.6 Å². The first-order valence-electron chi connectivity index (χ1n) is 12.6. The van der Waals surface area contributed by atoms with Crippen LogP contribution in [0.4, 0.5) is 4.39 Å². The minimum Gasteiger partial charge on any atom is -0.352 e. The first-order valence-corrected chi connectivity index (χ1v) is 12.6. The Morgan fingerprint density at radius 2 is 1.71 bits per heavy atom. The maximum Gasteiger partial charge on any atom is 0.237 e. The third-order valence-electron chi connectivity index (χ3n) is 9.05. The molecule has 5 fully saturated rings. The van der Waals surface area contributed by atoms with E-state index in [4.69, 9.17) is 0 Å². The van der Waals surface area contributed by atoms with Crippen molar-refractivity contribution in [1.29, 1.82) is 0 Å². The molecule has 7 unspecified atom stereocenters. The standard InChI is InChI=1S/C24H39FN4O2/c1-14-6-9-21(25)20-11-22(27-23(14)20)24(31)26-16-4-3-5-17(10-16)29-18-7-8-19(29)13-28(12-18)15(2)30/h14,16-23,27H,3-13H2,1-2H3,(H,26,31)/t14?,16-,17+,18?,19?,20?,21?,22?,23?/m1/s1. The van der Waals surface area contributed by atoms with Crippen molar-refractivity contribution >= 4 is 11.8 Å². The molecule has 5 aliphatic rings. The lowest BCUT2D eigenvalue weighted by Gasteiger charge is -2.47. The van der Waals surface area contributed by atoms with Crippen LogP contribution in [0.1, 0.15) is 71.6 Å². The molecule has 6 nitrogen and oxygen atoms in total. The van der Waals surface area contributed by atoms with Crippen molar-refractivity contribution in [2.24, 2.45) is 11.8 Å². The Morgan fingerprint density at radius 3 is 2.39 bits per heavy atom. The zero-order chi connectivity index (χ0) is 21.7. The number of hydrogen-bond acceptors (Lipinski definition) is 4. The first kappa shape index (κ1) is 21.6.